The van der Waals surface area contributed by atoms with Crippen molar-refractivity contribution in [1.29, 1.82) is 0 Å². The average Bonchev–Trinajstić information content (AvgIpc) is 2.86. The van der Waals surface area contributed by atoms with Crippen LogP contribution in [0.4, 0.5) is 0 Å². The van der Waals surface area contributed by atoms with Gasteiger partial charge in [0.25, 0.3) is 0 Å². The molecule has 5 nitrogen and oxygen atoms in total. The fourth-order valence-electron chi connectivity index (χ4n) is 3.39. The molecule has 1 aliphatic heterocycles. The Hall–Kier alpha value is -2.40. The molecule has 1 aliphatic rings. The van der Waals surface area contributed by atoms with E-state index in [9.17, 15) is 0 Å². The number of hydrogen-bond donors (Lipinski definition) is 1. The Morgan fingerprint density at radius 1 is 1.29 bits per heavy atom. The zero-order valence-electron chi connectivity index (χ0n) is 14.1. The molecule has 0 bridgehead atoms. The molecule has 0 radical (unpaired) electrons. The van der Waals surface area contributed by atoms with Crippen molar-refractivity contribution in [1.82, 2.24) is 19.7 Å². The summed E-state index contributed by atoms with van der Waals surface area (Å²) in [5, 5.41) is 3.62. The van der Waals surface area contributed by atoms with Gasteiger partial charge >= 0.3 is 0 Å². The van der Waals surface area contributed by atoms with Crippen LogP contribution in [-0.4, -0.2) is 27.0 Å². The average molecular weight is 322 g/mol. The summed E-state index contributed by atoms with van der Waals surface area (Å²) in [6.07, 6.45) is 4.03. The maximum absolute atomic E-state index is 5.96. The molecular weight excluding hydrogens is 300 g/mol. The van der Waals surface area contributed by atoms with E-state index in [4.69, 9.17) is 4.74 Å². The molecule has 3 heterocycles. The molecule has 4 rings (SSSR count). The molecule has 0 fully saturated rings. The van der Waals surface area contributed by atoms with Gasteiger partial charge in [-0.25, -0.2) is 9.97 Å². The Morgan fingerprint density at radius 3 is 3.08 bits per heavy atom. The van der Waals surface area contributed by atoms with E-state index in [0.29, 0.717) is 12.6 Å². The second kappa shape index (κ2) is 6.24. The van der Waals surface area contributed by atoms with E-state index in [0.717, 1.165) is 48.0 Å². The Kier molecular flexibility index (Phi) is 3.94. The summed E-state index contributed by atoms with van der Waals surface area (Å²) in [7, 11) is 0. The van der Waals surface area contributed by atoms with Crippen LogP contribution in [0, 0.1) is 13.8 Å². The third-order valence-corrected chi connectivity index (χ3v) is 4.61. The Balaban J connectivity index is 1.46. The van der Waals surface area contributed by atoms with Gasteiger partial charge in [-0.05, 0) is 44.4 Å². The number of ether oxygens (including phenoxy) is 1. The van der Waals surface area contributed by atoms with Gasteiger partial charge in [0.2, 0.25) is 5.78 Å². The summed E-state index contributed by atoms with van der Waals surface area (Å²) in [5.41, 5.74) is 4.60. The van der Waals surface area contributed by atoms with E-state index in [1.54, 1.807) is 0 Å². The fraction of sp³-hybridized carbons (Fsp3) is 0.368. The highest BCUT2D eigenvalue weighted by molar-refractivity contribution is 5.36. The summed E-state index contributed by atoms with van der Waals surface area (Å²) in [6.45, 7) is 5.56. The summed E-state index contributed by atoms with van der Waals surface area (Å²) in [6, 6.07) is 10.7. The molecule has 0 aliphatic carbocycles. The smallest absolute Gasteiger partial charge is 0.234 e. The zero-order chi connectivity index (χ0) is 16.5. The van der Waals surface area contributed by atoms with E-state index >= 15 is 0 Å². The number of para-hydroxylation sites is 1. The maximum Gasteiger partial charge on any atom is 0.234 e. The molecule has 124 valence electrons. The third-order valence-electron chi connectivity index (χ3n) is 4.61. The molecule has 1 aromatic carbocycles. The summed E-state index contributed by atoms with van der Waals surface area (Å²) >= 11 is 0. The number of benzene rings is 1. The van der Waals surface area contributed by atoms with Gasteiger partial charge in [-0.1, -0.05) is 18.2 Å². The molecule has 3 aromatic rings. The number of nitrogens with one attached hydrogen (secondary N) is 1. The van der Waals surface area contributed by atoms with Crippen molar-refractivity contribution in [2.75, 3.05) is 6.61 Å². The van der Waals surface area contributed by atoms with Crippen LogP contribution in [-0.2, 0) is 13.0 Å². The molecule has 0 spiro atoms. The molecule has 24 heavy (non-hydrogen) atoms. The third kappa shape index (κ3) is 2.87. The molecule has 0 amide bonds. The predicted octanol–water partition coefficient (Wildman–Crippen LogP) is 2.83. The second-order valence-corrected chi connectivity index (χ2v) is 6.46. The van der Waals surface area contributed by atoms with Crippen LogP contribution in [0.3, 0.4) is 0 Å². The van der Waals surface area contributed by atoms with E-state index in [2.05, 4.69) is 50.9 Å². The first kappa shape index (κ1) is 15.1. The van der Waals surface area contributed by atoms with Gasteiger partial charge in [-0.15, -0.1) is 0 Å². The first-order valence-electron chi connectivity index (χ1n) is 8.45. The van der Waals surface area contributed by atoms with Gasteiger partial charge < -0.3 is 10.1 Å². The van der Waals surface area contributed by atoms with Crippen molar-refractivity contribution in [3.63, 3.8) is 0 Å². The van der Waals surface area contributed by atoms with Gasteiger partial charge in [0.15, 0.2) is 0 Å². The minimum atomic E-state index is 0.335. The lowest BCUT2D eigenvalue weighted by molar-refractivity contribution is 0.266. The van der Waals surface area contributed by atoms with E-state index < -0.39 is 0 Å². The number of nitrogens with zero attached hydrogens (tertiary/aromatic N) is 3. The van der Waals surface area contributed by atoms with Crippen molar-refractivity contribution in [3.8, 4) is 5.75 Å². The summed E-state index contributed by atoms with van der Waals surface area (Å²) < 4.78 is 8.08. The number of rotatable bonds is 3. The molecule has 1 unspecified atom stereocenters. The van der Waals surface area contributed by atoms with Crippen LogP contribution in [0.15, 0.2) is 36.5 Å². The van der Waals surface area contributed by atoms with Gasteiger partial charge in [-0.3, -0.25) is 4.40 Å². The largest absolute Gasteiger partial charge is 0.492 e. The lowest BCUT2D eigenvalue weighted by atomic mass is 10.1. The predicted molar refractivity (Wildman–Crippen MR) is 93.3 cm³/mol. The van der Waals surface area contributed by atoms with Crippen molar-refractivity contribution in [3.05, 3.63) is 59.2 Å². The fourth-order valence-corrected chi connectivity index (χ4v) is 3.39. The van der Waals surface area contributed by atoms with Crippen molar-refractivity contribution < 1.29 is 4.74 Å². The Labute approximate surface area is 141 Å². The molecule has 0 saturated carbocycles. The number of aryl methyl sites for hydroxylation is 3. The molecule has 1 N–H and O–H groups in total. The lowest BCUT2D eigenvalue weighted by Gasteiger charge is -2.16. The SMILES string of the molecule is Cc1cc(C)n2c(CNC3CCc4ccccc4OC3)cnc2n1. The van der Waals surface area contributed by atoms with E-state index in [1.165, 1.54) is 5.56 Å². The summed E-state index contributed by atoms with van der Waals surface area (Å²) in [4.78, 5) is 8.93. The second-order valence-electron chi connectivity index (χ2n) is 6.46. The maximum atomic E-state index is 5.96. The van der Waals surface area contributed by atoms with Gasteiger partial charge in [0, 0.05) is 24.0 Å². The highest BCUT2D eigenvalue weighted by Crippen LogP contribution is 2.23. The van der Waals surface area contributed by atoms with Gasteiger partial charge in [0.1, 0.15) is 12.4 Å². The van der Waals surface area contributed by atoms with Crippen LogP contribution < -0.4 is 10.1 Å². The van der Waals surface area contributed by atoms with E-state index in [1.807, 2.05) is 19.2 Å². The minimum Gasteiger partial charge on any atom is -0.492 e. The number of aromatic nitrogens is 3. The first-order valence-corrected chi connectivity index (χ1v) is 8.45. The van der Waals surface area contributed by atoms with Crippen LogP contribution in [0.1, 0.15) is 29.1 Å². The number of hydrogen-bond acceptors (Lipinski definition) is 4. The molecule has 0 saturated heterocycles. The van der Waals surface area contributed by atoms with Gasteiger partial charge in [0.05, 0.1) is 11.9 Å². The summed E-state index contributed by atoms with van der Waals surface area (Å²) in [5.74, 6) is 1.79. The number of imidazole rings is 1. The Morgan fingerprint density at radius 2 is 2.17 bits per heavy atom. The first-order chi connectivity index (χ1) is 11.7. The Bertz CT molecular complexity index is 844. The monoisotopic (exact) mass is 322 g/mol. The van der Waals surface area contributed by atoms with Crippen molar-refractivity contribution in [2.45, 2.75) is 39.3 Å². The molecule has 1 atom stereocenters. The molecular formula is C19H22N4O. The molecule has 2 aromatic heterocycles. The highest BCUT2D eigenvalue weighted by Gasteiger charge is 2.17. The lowest BCUT2D eigenvalue weighted by Crippen LogP contribution is -2.34. The normalized spacial score (nSPS) is 17.3. The van der Waals surface area contributed by atoms with Crippen LogP contribution >= 0.6 is 0 Å². The minimum absolute atomic E-state index is 0.335. The van der Waals surface area contributed by atoms with Crippen molar-refractivity contribution in [2.24, 2.45) is 0 Å². The zero-order valence-corrected chi connectivity index (χ0v) is 14.1. The van der Waals surface area contributed by atoms with E-state index in [-0.39, 0.29) is 0 Å². The van der Waals surface area contributed by atoms with Crippen LogP contribution in [0.5, 0.6) is 5.75 Å². The quantitative estimate of drug-likeness (QED) is 0.805. The topological polar surface area (TPSA) is 51.5 Å². The van der Waals surface area contributed by atoms with Crippen LogP contribution in [0.2, 0.25) is 0 Å². The van der Waals surface area contributed by atoms with Gasteiger partial charge in [-0.2, -0.15) is 0 Å². The molecule has 5 heteroatoms. The standard InChI is InChI=1S/C19H22N4O/c1-13-9-14(2)23-17(11-21-19(23)22-13)10-20-16-8-7-15-5-3-4-6-18(15)24-12-16/h3-6,9,11,16,20H,7-8,10,12H2,1-2H3. The van der Waals surface area contributed by atoms with Crippen molar-refractivity contribution >= 4 is 5.78 Å². The highest BCUT2D eigenvalue weighted by atomic mass is 16.5. The van der Waals surface area contributed by atoms with Crippen LogP contribution in [0.25, 0.3) is 5.78 Å². The number of fused-ring (bicyclic) bond motifs is 2.